The lowest BCUT2D eigenvalue weighted by atomic mass is 9.85. The molecule has 0 atom stereocenters. The summed E-state index contributed by atoms with van der Waals surface area (Å²) < 4.78 is 0. The third-order valence-corrected chi connectivity index (χ3v) is 2.86. The van der Waals surface area contributed by atoms with Crippen LogP contribution in [-0.4, -0.2) is 17.3 Å². The number of rotatable bonds is 3. The molecule has 0 unspecified atom stereocenters. The highest BCUT2D eigenvalue weighted by Gasteiger charge is 2.26. The van der Waals surface area contributed by atoms with E-state index in [1.54, 1.807) is 6.92 Å². The van der Waals surface area contributed by atoms with Crippen molar-refractivity contribution in [3.63, 3.8) is 0 Å². The van der Waals surface area contributed by atoms with Gasteiger partial charge in [0.1, 0.15) is 0 Å². The number of nitrogens with one attached hydrogen (secondary N) is 1. The number of amides is 1. The first-order valence-corrected chi connectivity index (χ1v) is 5.09. The molecule has 0 spiro atoms. The van der Waals surface area contributed by atoms with Crippen LogP contribution in [0.25, 0.3) is 0 Å². The van der Waals surface area contributed by atoms with Gasteiger partial charge in [-0.1, -0.05) is 22.5 Å². The van der Waals surface area contributed by atoms with Crippen LogP contribution in [0.3, 0.4) is 0 Å². The molecule has 1 fully saturated rings. The molecule has 1 aliphatic carbocycles. The van der Waals surface area contributed by atoms with Crippen molar-refractivity contribution < 1.29 is 4.79 Å². The van der Waals surface area contributed by atoms with Gasteiger partial charge in [-0.25, -0.2) is 0 Å². The molecule has 3 heteroatoms. The quantitative estimate of drug-likeness (QED) is 0.584. The number of halogens is 1. The second kappa shape index (κ2) is 4.08. The molecule has 2 nitrogen and oxygen atoms in total. The summed E-state index contributed by atoms with van der Waals surface area (Å²) in [5, 5.41) is 2.85. The first kappa shape index (κ1) is 9.78. The summed E-state index contributed by atoms with van der Waals surface area (Å²) in [5.41, 5.74) is 0.588. The molecule has 0 bridgehead atoms. The first-order chi connectivity index (χ1) is 5.59. The maximum absolute atomic E-state index is 11.0. The Kier molecular flexibility index (Phi) is 3.32. The SMILES string of the molecule is C=C(C)C(=O)NCC1CC(Br)C1. The predicted molar refractivity (Wildman–Crippen MR) is 53.3 cm³/mol. The second-order valence-electron chi connectivity index (χ2n) is 3.43. The van der Waals surface area contributed by atoms with Crippen LogP contribution >= 0.6 is 15.9 Å². The van der Waals surface area contributed by atoms with E-state index in [1.807, 2.05) is 0 Å². The lowest BCUT2D eigenvalue weighted by Crippen LogP contribution is -2.36. The van der Waals surface area contributed by atoms with E-state index < -0.39 is 0 Å². The van der Waals surface area contributed by atoms with Gasteiger partial charge in [0.2, 0.25) is 5.91 Å². The summed E-state index contributed by atoms with van der Waals surface area (Å²) in [7, 11) is 0. The molecule has 12 heavy (non-hydrogen) atoms. The Morgan fingerprint density at radius 3 is 2.67 bits per heavy atom. The van der Waals surface area contributed by atoms with Crippen molar-refractivity contribution in [2.45, 2.75) is 24.6 Å². The molecule has 1 N–H and O–H groups in total. The van der Waals surface area contributed by atoms with Gasteiger partial charge in [-0.2, -0.15) is 0 Å². The van der Waals surface area contributed by atoms with Gasteiger partial charge >= 0.3 is 0 Å². The van der Waals surface area contributed by atoms with Crippen LogP contribution in [0.4, 0.5) is 0 Å². The largest absolute Gasteiger partial charge is 0.352 e. The maximum atomic E-state index is 11.0. The molecular weight excluding hydrogens is 218 g/mol. The fraction of sp³-hybridized carbons (Fsp3) is 0.667. The molecule has 1 amide bonds. The van der Waals surface area contributed by atoms with Crippen LogP contribution in [0.1, 0.15) is 19.8 Å². The Hall–Kier alpha value is -0.310. The van der Waals surface area contributed by atoms with Crippen LogP contribution in [-0.2, 0) is 4.79 Å². The van der Waals surface area contributed by atoms with Gasteiger partial charge in [-0.05, 0) is 25.7 Å². The molecule has 0 aromatic rings. The maximum Gasteiger partial charge on any atom is 0.246 e. The van der Waals surface area contributed by atoms with Crippen molar-refractivity contribution in [3.8, 4) is 0 Å². The van der Waals surface area contributed by atoms with E-state index in [1.165, 1.54) is 12.8 Å². The normalized spacial score (nSPS) is 27.5. The van der Waals surface area contributed by atoms with E-state index in [0.717, 1.165) is 6.54 Å². The highest BCUT2D eigenvalue weighted by Crippen LogP contribution is 2.32. The zero-order valence-corrected chi connectivity index (χ0v) is 8.86. The van der Waals surface area contributed by atoms with Gasteiger partial charge < -0.3 is 5.32 Å². The minimum Gasteiger partial charge on any atom is -0.352 e. The van der Waals surface area contributed by atoms with Crippen molar-refractivity contribution in [2.24, 2.45) is 5.92 Å². The van der Waals surface area contributed by atoms with E-state index in [0.29, 0.717) is 16.3 Å². The predicted octanol–water partition coefficient (Wildman–Crippen LogP) is 1.85. The molecule has 0 radical (unpaired) electrons. The minimum atomic E-state index is -0.0203. The fourth-order valence-corrected chi connectivity index (χ4v) is 2.27. The standard InChI is InChI=1S/C9H14BrNO/c1-6(2)9(12)11-5-7-3-8(10)4-7/h7-8H,1,3-5H2,2H3,(H,11,12). The average molecular weight is 232 g/mol. The van der Waals surface area contributed by atoms with E-state index >= 15 is 0 Å². The zero-order valence-electron chi connectivity index (χ0n) is 7.27. The van der Waals surface area contributed by atoms with Gasteiger partial charge in [0, 0.05) is 16.9 Å². The summed E-state index contributed by atoms with van der Waals surface area (Å²) >= 11 is 3.51. The number of hydrogen-bond acceptors (Lipinski definition) is 1. The van der Waals surface area contributed by atoms with E-state index in [4.69, 9.17) is 0 Å². The third-order valence-electron chi connectivity index (χ3n) is 2.12. The molecule has 0 aromatic heterocycles. The van der Waals surface area contributed by atoms with Gasteiger partial charge in [0.05, 0.1) is 0 Å². The molecule has 1 rings (SSSR count). The van der Waals surface area contributed by atoms with Crippen LogP contribution in [0.5, 0.6) is 0 Å². The molecule has 1 aliphatic rings. The highest BCUT2D eigenvalue weighted by molar-refractivity contribution is 9.09. The summed E-state index contributed by atoms with van der Waals surface area (Å²) in [5.74, 6) is 0.644. The highest BCUT2D eigenvalue weighted by atomic mass is 79.9. The van der Waals surface area contributed by atoms with Crippen LogP contribution in [0, 0.1) is 5.92 Å². The van der Waals surface area contributed by atoms with Crippen molar-refractivity contribution in [2.75, 3.05) is 6.54 Å². The summed E-state index contributed by atoms with van der Waals surface area (Å²) in [6, 6.07) is 0. The Morgan fingerprint density at radius 1 is 1.67 bits per heavy atom. The van der Waals surface area contributed by atoms with Crippen LogP contribution in [0.2, 0.25) is 0 Å². The van der Waals surface area contributed by atoms with Gasteiger partial charge in [0.25, 0.3) is 0 Å². The summed E-state index contributed by atoms with van der Waals surface area (Å²) in [4.78, 5) is 11.7. The Morgan fingerprint density at radius 2 is 2.25 bits per heavy atom. The Bertz CT molecular complexity index is 197. The van der Waals surface area contributed by atoms with Crippen molar-refractivity contribution in [1.29, 1.82) is 0 Å². The van der Waals surface area contributed by atoms with Gasteiger partial charge in [0.15, 0.2) is 0 Å². The lowest BCUT2D eigenvalue weighted by Gasteiger charge is -2.31. The minimum absolute atomic E-state index is 0.0203. The molecule has 68 valence electrons. The van der Waals surface area contributed by atoms with Crippen molar-refractivity contribution >= 4 is 21.8 Å². The van der Waals surface area contributed by atoms with E-state index in [-0.39, 0.29) is 5.91 Å². The Balaban J connectivity index is 2.10. The fourth-order valence-electron chi connectivity index (χ4n) is 1.21. The number of carbonyl (C=O) groups is 1. The van der Waals surface area contributed by atoms with Crippen molar-refractivity contribution in [3.05, 3.63) is 12.2 Å². The number of hydrogen-bond donors (Lipinski definition) is 1. The second-order valence-corrected chi connectivity index (χ2v) is 4.72. The van der Waals surface area contributed by atoms with Crippen molar-refractivity contribution in [1.82, 2.24) is 5.32 Å². The summed E-state index contributed by atoms with van der Waals surface area (Å²) in [6.45, 7) is 6.10. The molecule has 1 saturated carbocycles. The molecular formula is C9H14BrNO. The van der Waals surface area contributed by atoms with Crippen LogP contribution in [0.15, 0.2) is 12.2 Å². The van der Waals surface area contributed by atoms with Gasteiger partial charge in [-0.3, -0.25) is 4.79 Å². The topological polar surface area (TPSA) is 29.1 Å². The number of alkyl halides is 1. The van der Waals surface area contributed by atoms with E-state index in [2.05, 4.69) is 27.8 Å². The smallest absolute Gasteiger partial charge is 0.246 e. The van der Waals surface area contributed by atoms with Gasteiger partial charge in [-0.15, -0.1) is 0 Å². The molecule has 0 aromatic carbocycles. The monoisotopic (exact) mass is 231 g/mol. The lowest BCUT2D eigenvalue weighted by molar-refractivity contribution is -0.117. The Labute approximate surface area is 81.5 Å². The third kappa shape index (κ3) is 2.63. The molecule has 0 aliphatic heterocycles. The number of carbonyl (C=O) groups excluding carboxylic acids is 1. The van der Waals surface area contributed by atoms with Crippen LogP contribution < -0.4 is 5.32 Å². The molecule has 0 saturated heterocycles. The summed E-state index contributed by atoms with van der Waals surface area (Å²) in [6.07, 6.45) is 2.35. The molecule has 0 heterocycles. The average Bonchev–Trinajstić information content (AvgIpc) is 1.95. The zero-order chi connectivity index (χ0) is 9.14. The van der Waals surface area contributed by atoms with E-state index in [9.17, 15) is 4.79 Å². The first-order valence-electron chi connectivity index (χ1n) is 4.17.